The Hall–Kier alpha value is -0.970. The van der Waals surface area contributed by atoms with E-state index in [2.05, 4.69) is 10.2 Å². The Bertz CT molecular complexity index is 350. The predicted molar refractivity (Wildman–Crippen MR) is 74.6 cm³/mol. The summed E-state index contributed by atoms with van der Waals surface area (Å²) in [6.45, 7) is 6.90. The molecular weight excluding hydrogens is 243 g/mol. The molecule has 1 N–H and O–H groups in total. The fourth-order valence-electron chi connectivity index (χ4n) is 2.25. The molecule has 106 valence electrons. The number of hydrogen-bond donors (Lipinski definition) is 1. The number of nitrogens with one attached hydrogen (secondary N) is 1. The van der Waals surface area contributed by atoms with Gasteiger partial charge >= 0.3 is 0 Å². The van der Waals surface area contributed by atoms with Crippen molar-refractivity contribution in [1.82, 2.24) is 10.2 Å². The lowest BCUT2D eigenvalue weighted by Crippen LogP contribution is -2.37. The van der Waals surface area contributed by atoms with Gasteiger partial charge in [0.2, 0.25) is 0 Å². The topological polar surface area (TPSA) is 24.5 Å². The number of benzene rings is 1. The van der Waals surface area contributed by atoms with Crippen molar-refractivity contribution in [2.45, 2.75) is 19.4 Å². The van der Waals surface area contributed by atoms with Gasteiger partial charge in [0.1, 0.15) is 5.82 Å². The lowest BCUT2D eigenvalue weighted by atomic mass is 10.2. The maximum absolute atomic E-state index is 12.7. The average Bonchev–Trinajstić information content (AvgIpc) is 2.46. The molecule has 0 amide bonds. The van der Waals surface area contributed by atoms with Crippen LogP contribution in [0.15, 0.2) is 24.3 Å². The molecule has 1 heterocycles. The summed E-state index contributed by atoms with van der Waals surface area (Å²) in [4.78, 5) is 2.46. The Kier molecular flexibility index (Phi) is 6.27. The van der Waals surface area contributed by atoms with Gasteiger partial charge in [0, 0.05) is 19.6 Å². The molecule has 1 aromatic carbocycles. The van der Waals surface area contributed by atoms with Crippen LogP contribution in [0.25, 0.3) is 0 Å². The number of halogens is 1. The van der Waals surface area contributed by atoms with E-state index in [1.807, 2.05) is 12.1 Å². The molecule has 0 aliphatic carbocycles. The Morgan fingerprint density at radius 2 is 1.84 bits per heavy atom. The monoisotopic (exact) mass is 266 g/mol. The minimum absolute atomic E-state index is 0.172. The van der Waals surface area contributed by atoms with Crippen LogP contribution >= 0.6 is 0 Å². The Morgan fingerprint density at radius 3 is 2.58 bits per heavy atom. The molecule has 0 unspecified atom stereocenters. The van der Waals surface area contributed by atoms with E-state index >= 15 is 0 Å². The minimum Gasteiger partial charge on any atom is -0.379 e. The Labute approximate surface area is 114 Å². The van der Waals surface area contributed by atoms with Crippen LogP contribution in [0.1, 0.15) is 18.4 Å². The summed E-state index contributed by atoms with van der Waals surface area (Å²) in [5.74, 6) is -0.172. The van der Waals surface area contributed by atoms with Crippen molar-refractivity contribution in [3.8, 4) is 0 Å². The quantitative estimate of drug-likeness (QED) is 0.764. The van der Waals surface area contributed by atoms with Crippen molar-refractivity contribution in [2.24, 2.45) is 0 Å². The van der Waals surface area contributed by atoms with Gasteiger partial charge in [-0.1, -0.05) is 12.1 Å². The smallest absolute Gasteiger partial charge is 0.123 e. The molecule has 0 atom stereocenters. The van der Waals surface area contributed by atoms with Crippen molar-refractivity contribution in [3.63, 3.8) is 0 Å². The van der Waals surface area contributed by atoms with Crippen LogP contribution in [0.2, 0.25) is 0 Å². The van der Waals surface area contributed by atoms with Crippen molar-refractivity contribution in [3.05, 3.63) is 35.6 Å². The van der Waals surface area contributed by atoms with E-state index in [9.17, 15) is 4.39 Å². The first-order chi connectivity index (χ1) is 9.34. The van der Waals surface area contributed by atoms with Crippen LogP contribution < -0.4 is 5.32 Å². The first-order valence-electron chi connectivity index (χ1n) is 7.10. The van der Waals surface area contributed by atoms with E-state index in [0.29, 0.717) is 0 Å². The number of rotatable bonds is 7. The molecule has 0 bridgehead atoms. The third-order valence-corrected chi connectivity index (χ3v) is 3.42. The Morgan fingerprint density at radius 1 is 1.11 bits per heavy atom. The number of nitrogens with zero attached hydrogens (tertiary/aromatic N) is 1. The standard InChI is InChI=1S/C15H23FN2O/c16-15-5-3-14(4-6-15)13-17-7-1-2-8-18-9-11-19-12-10-18/h3-6,17H,1-2,7-13H2. The molecule has 0 spiro atoms. The molecule has 1 aliphatic rings. The van der Waals surface area contributed by atoms with Gasteiger partial charge < -0.3 is 10.1 Å². The Balaban J connectivity index is 1.49. The van der Waals surface area contributed by atoms with Crippen LogP contribution in [-0.2, 0) is 11.3 Å². The summed E-state index contributed by atoms with van der Waals surface area (Å²) in [5.41, 5.74) is 1.13. The third kappa shape index (κ3) is 5.68. The maximum atomic E-state index is 12.7. The zero-order chi connectivity index (χ0) is 13.3. The molecule has 19 heavy (non-hydrogen) atoms. The van der Waals surface area contributed by atoms with Crippen LogP contribution in [-0.4, -0.2) is 44.3 Å². The minimum atomic E-state index is -0.172. The second-order valence-corrected chi connectivity index (χ2v) is 4.96. The number of unbranched alkanes of at least 4 members (excludes halogenated alkanes) is 1. The van der Waals surface area contributed by atoms with Crippen molar-refractivity contribution >= 4 is 0 Å². The molecule has 1 saturated heterocycles. The predicted octanol–water partition coefficient (Wildman–Crippen LogP) is 2.03. The highest BCUT2D eigenvalue weighted by Crippen LogP contribution is 2.03. The normalized spacial score (nSPS) is 16.7. The number of ether oxygens (including phenoxy) is 1. The highest BCUT2D eigenvalue weighted by molar-refractivity contribution is 5.15. The fraction of sp³-hybridized carbons (Fsp3) is 0.600. The zero-order valence-electron chi connectivity index (χ0n) is 11.4. The van der Waals surface area contributed by atoms with E-state index in [1.54, 1.807) is 0 Å². The zero-order valence-corrected chi connectivity index (χ0v) is 11.4. The molecule has 1 fully saturated rings. The summed E-state index contributed by atoms with van der Waals surface area (Å²) < 4.78 is 18.0. The van der Waals surface area contributed by atoms with Gasteiger partial charge in [-0.2, -0.15) is 0 Å². The summed E-state index contributed by atoms with van der Waals surface area (Å²) in [6, 6.07) is 6.68. The lowest BCUT2D eigenvalue weighted by molar-refractivity contribution is 0.0372. The van der Waals surface area contributed by atoms with Crippen molar-refractivity contribution in [1.29, 1.82) is 0 Å². The first kappa shape index (κ1) is 14.4. The van der Waals surface area contributed by atoms with E-state index in [-0.39, 0.29) is 5.82 Å². The van der Waals surface area contributed by atoms with Crippen LogP contribution in [0.4, 0.5) is 4.39 Å². The second-order valence-electron chi connectivity index (χ2n) is 4.96. The fourth-order valence-corrected chi connectivity index (χ4v) is 2.25. The summed E-state index contributed by atoms with van der Waals surface area (Å²) >= 11 is 0. The van der Waals surface area contributed by atoms with E-state index in [4.69, 9.17) is 4.74 Å². The van der Waals surface area contributed by atoms with Gasteiger partial charge in [0.15, 0.2) is 0 Å². The molecule has 1 aromatic rings. The number of hydrogen-bond acceptors (Lipinski definition) is 3. The van der Waals surface area contributed by atoms with Crippen molar-refractivity contribution < 1.29 is 9.13 Å². The van der Waals surface area contributed by atoms with Crippen LogP contribution in [0, 0.1) is 5.82 Å². The highest BCUT2D eigenvalue weighted by atomic mass is 19.1. The largest absolute Gasteiger partial charge is 0.379 e. The first-order valence-corrected chi connectivity index (χ1v) is 7.10. The van der Waals surface area contributed by atoms with E-state index in [1.165, 1.54) is 31.5 Å². The summed E-state index contributed by atoms with van der Waals surface area (Å²) in [7, 11) is 0. The molecule has 4 heteroatoms. The number of morpholine rings is 1. The second kappa shape index (κ2) is 8.25. The molecule has 2 rings (SSSR count). The van der Waals surface area contributed by atoms with E-state index in [0.717, 1.165) is 45.0 Å². The van der Waals surface area contributed by atoms with Gasteiger partial charge in [-0.05, 0) is 43.6 Å². The maximum Gasteiger partial charge on any atom is 0.123 e. The lowest BCUT2D eigenvalue weighted by Gasteiger charge is -2.26. The SMILES string of the molecule is Fc1ccc(CNCCCCN2CCOCC2)cc1. The van der Waals surface area contributed by atoms with Gasteiger partial charge in [-0.3, -0.25) is 4.90 Å². The van der Waals surface area contributed by atoms with Gasteiger partial charge in [0.05, 0.1) is 13.2 Å². The average molecular weight is 266 g/mol. The molecule has 1 aliphatic heterocycles. The van der Waals surface area contributed by atoms with Gasteiger partial charge in [-0.25, -0.2) is 4.39 Å². The molecule has 0 radical (unpaired) electrons. The van der Waals surface area contributed by atoms with E-state index < -0.39 is 0 Å². The molecule has 0 aromatic heterocycles. The molecule has 3 nitrogen and oxygen atoms in total. The van der Waals surface area contributed by atoms with Gasteiger partial charge in [-0.15, -0.1) is 0 Å². The highest BCUT2D eigenvalue weighted by Gasteiger charge is 2.08. The molecular formula is C15H23FN2O. The third-order valence-electron chi connectivity index (χ3n) is 3.42. The van der Waals surface area contributed by atoms with Gasteiger partial charge in [0.25, 0.3) is 0 Å². The van der Waals surface area contributed by atoms with Crippen LogP contribution in [0.5, 0.6) is 0 Å². The summed E-state index contributed by atoms with van der Waals surface area (Å²) in [5, 5.41) is 3.39. The van der Waals surface area contributed by atoms with Crippen LogP contribution in [0.3, 0.4) is 0 Å². The molecule has 0 saturated carbocycles. The summed E-state index contributed by atoms with van der Waals surface area (Å²) in [6.07, 6.45) is 2.40. The van der Waals surface area contributed by atoms with Crippen molar-refractivity contribution in [2.75, 3.05) is 39.4 Å².